The second-order valence-corrected chi connectivity index (χ2v) is 4.72. The van der Waals surface area contributed by atoms with E-state index in [1.807, 2.05) is 23.7 Å². The molecule has 1 aromatic heterocycles. The molecule has 2 rings (SSSR count). The SMILES string of the molecule is CCn1nncc1C(N)c1cccc(C)c1Br. The van der Waals surface area contributed by atoms with E-state index in [1.165, 1.54) is 5.56 Å². The van der Waals surface area contributed by atoms with Gasteiger partial charge in [0.15, 0.2) is 0 Å². The van der Waals surface area contributed by atoms with Crippen LogP contribution in [-0.2, 0) is 6.54 Å². The van der Waals surface area contributed by atoms with E-state index in [2.05, 4.69) is 39.2 Å². The molecular formula is C12H15BrN4. The van der Waals surface area contributed by atoms with Gasteiger partial charge in [0.1, 0.15) is 0 Å². The minimum atomic E-state index is -0.209. The van der Waals surface area contributed by atoms with E-state index < -0.39 is 0 Å². The lowest BCUT2D eigenvalue weighted by molar-refractivity contribution is 0.581. The van der Waals surface area contributed by atoms with Crippen LogP contribution < -0.4 is 5.73 Å². The molecule has 0 spiro atoms. The van der Waals surface area contributed by atoms with Gasteiger partial charge >= 0.3 is 0 Å². The first-order valence-corrected chi connectivity index (χ1v) is 6.33. The predicted octanol–water partition coefficient (Wildman–Crippen LogP) is 2.42. The van der Waals surface area contributed by atoms with Gasteiger partial charge in [-0.1, -0.05) is 39.3 Å². The maximum Gasteiger partial charge on any atom is 0.0800 e. The van der Waals surface area contributed by atoms with Gasteiger partial charge in [0.2, 0.25) is 0 Å². The summed E-state index contributed by atoms with van der Waals surface area (Å²) in [7, 11) is 0. The van der Waals surface area contributed by atoms with Gasteiger partial charge in [0.05, 0.1) is 17.9 Å². The van der Waals surface area contributed by atoms with Crippen LogP contribution in [-0.4, -0.2) is 15.0 Å². The predicted molar refractivity (Wildman–Crippen MR) is 70.6 cm³/mol. The number of rotatable bonds is 3. The molecule has 5 heteroatoms. The lowest BCUT2D eigenvalue weighted by atomic mass is 10.0. The van der Waals surface area contributed by atoms with Gasteiger partial charge < -0.3 is 5.73 Å². The molecule has 0 saturated carbocycles. The van der Waals surface area contributed by atoms with Crippen molar-refractivity contribution in [3.05, 3.63) is 45.7 Å². The van der Waals surface area contributed by atoms with Crippen molar-refractivity contribution < 1.29 is 0 Å². The molecule has 0 radical (unpaired) electrons. The first-order chi connectivity index (χ1) is 8.15. The highest BCUT2D eigenvalue weighted by Crippen LogP contribution is 2.28. The number of hydrogen-bond donors (Lipinski definition) is 1. The minimum Gasteiger partial charge on any atom is -0.319 e. The lowest BCUT2D eigenvalue weighted by Gasteiger charge is -2.15. The normalized spacial score (nSPS) is 12.7. The molecule has 1 heterocycles. The Morgan fingerprint density at radius 3 is 2.94 bits per heavy atom. The van der Waals surface area contributed by atoms with Crippen LogP contribution in [0.15, 0.2) is 28.9 Å². The van der Waals surface area contributed by atoms with Gasteiger partial charge in [-0.05, 0) is 25.0 Å². The molecule has 0 aliphatic rings. The molecule has 0 aliphatic carbocycles. The van der Waals surface area contributed by atoms with Crippen molar-refractivity contribution in [1.29, 1.82) is 0 Å². The van der Waals surface area contributed by atoms with Crippen LogP contribution in [0.4, 0.5) is 0 Å². The van der Waals surface area contributed by atoms with Gasteiger partial charge in [0.25, 0.3) is 0 Å². The number of hydrogen-bond acceptors (Lipinski definition) is 3. The van der Waals surface area contributed by atoms with E-state index in [9.17, 15) is 0 Å². The van der Waals surface area contributed by atoms with Gasteiger partial charge in [-0.15, -0.1) is 5.10 Å². The van der Waals surface area contributed by atoms with Crippen molar-refractivity contribution in [3.63, 3.8) is 0 Å². The Hall–Kier alpha value is -1.20. The van der Waals surface area contributed by atoms with Crippen molar-refractivity contribution in [3.8, 4) is 0 Å². The van der Waals surface area contributed by atoms with E-state index >= 15 is 0 Å². The fourth-order valence-electron chi connectivity index (χ4n) is 1.82. The summed E-state index contributed by atoms with van der Waals surface area (Å²) in [6.07, 6.45) is 1.73. The first-order valence-electron chi connectivity index (χ1n) is 5.54. The summed E-state index contributed by atoms with van der Waals surface area (Å²) >= 11 is 3.58. The van der Waals surface area contributed by atoms with Crippen LogP contribution in [0.1, 0.15) is 29.8 Å². The van der Waals surface area contributed by atoms with Crippen LogP contribution in [0.2, 0.25) is 0 Å². The second kappa shape index (κ2) is 4.98. The summed E-state index contributed by atoms with van der Waals surface area (Å²) in [4.78, 5) is 0. The maximum absolute atomic E-state index is 6.28. The van der Waals surface area contributed by atoms with Gasteiger partial charge in [-0.2, -0.15) is 0 Å². The summed E-state index contributed by atoms with van der Waals surface area (Å²) in [5.74, 6) is 0. The fourth-order valence-corrected chi connectivity index (χ4v) is 2.33. The molecule has 17 heavy (non-hydrogen) atoms. The van der Waals surface area contributed by atoms with E-state index in [0.29, 0.717) is 0 Å². The zero-order valence-electron chi connectivity index (χ0n) is 9.89. The molecule has 2 N–H and O–H groups in total. The van der Waals surface area contributed by atoms with E-state index in [4.69, 9.17) is 5.73 Å². The Morgan fingerprint density at radius 1 is 1.47 bits per heavy atom. The highest BCUT2D eigenvalue weighted by atomic mass is 79.9. The summed E-state index contributed by atoms with van der Waals surface area (Å²) < 4.78 is 2.87. The highest BCUT2D eigenvalue weighted by molar-refractivity contribution is 9.10. The number of aromatic nitrogens is 3. The Morgan fingerprint density at radius 2 is 2.24 bits per heavy atom. The summed E-state index contributed by atoms with van der Waals surface area (Å²) in [5, 5.41) is 7.91. The molecule has 0 aliphatic heterocycles. The number of aryl methyl sites for hydroxylation is 2. The largest absolute Gasteiger partial charge is 0.319 e. The van der Waals surface area contributed by atoms with Crippen LogP contribution in [0, 0.1) is 6.92 Å². The van der Waals surface area contributed by atoms with Crippen molar-refractivity contribution >= 4 is 15.9 Å². The molecule has 0 saturated heterocycles. The van der Waals surface area contributed by atoms with Crippen LogP contribution in [0.25, 0.3) is 0 Å². The molecule has 1 atom stereocenters. The van der Waals surface area contributed by atoms with E-state index in [-0.39, 0.29) is 6.04 Å². The molecule has 4 nitrogen and oxygen atoms in total. The quantitative estimate of drug-likeness (QED) is 0.946. The third-order valence-corrected chi connectivity index (χ3v) is 3.91. The molecule has 1 aromatic carbocycles. The average molecular weight is 295 g/mol. The molecule has 0 fully saturated rings. The third kappa shape index (κ3) is 2.25. The minimum absolute atomic E-state index is 0.209. The Bertz CT molecular complexity index is 521. The summed E-state index contributed by atoms with van der Waals surface area (Å²) in [6.45, 7) is 4.85. The molecule has 1 unspecified atom stereocenters. The molecule has 0 amide bonds. The molecule has 0 bridgehead atoms. The van der Waals surface area contributed by atoms with Gasteiger partial charge in [-0.25, -0.2) is 4.68 Å². The number of benzene rings is 1. The molecule has 90 valence electrons. The first kappa shape index (κ1) is 12.3. The fraction of sp³-hybridized carbons (Fsp3) is 0.333. The summed E-state index contributed by atoms with van der Waals surface area (Å²) in [5.41, 5.74) is 9.44. The van der Waals surface area contributed by atoms with Crippen molar-refractivity contribution in [2.75, 3.05) is 0 Å². The van der Waals surface area contributed by atoms with Gasteiger partial charge in [-0.3, -0.25) is 0 Å². The van der Waals surface area contributed by atoms with Crippen LogP contribution >= 0.6 is 15.9 Å². The van der Waals surface area contributed by atoms with Gasteiger partial charge in [0, 0.05) is 11.0 Å². The standard InChI is InChI=1S/C12H15BrN4/c1-3-17-10(7-15-16-17)12(14)9-6-4-5-8(2)11(9)13/h4-7,12H,3,14H2,1-2H3. The van der Waals surface area contributed by atoms with E-state index in [1.54, 1.807) is 6.20 Å². The molecular weight excluding hydrogens is 280 g/mol. The highest BCUT2D eigenvalue weighted by Gasteiger charge is 2.17. The topological polar surface area (TPSA) is 56.7 Å². The molecule has 2 aromatic rings. The number of nitrogens with two attached hydrogens (primary N) is 1. The zero-order chi connectivity index (χ0) is 12.4. The van der Waals surface area contributed by atoms with Crippen molar-refractivity contribution in [2.45, 2.75) is 26.4 Å². The Labute approximate surface area is 109 Å². The third-order valence-electron chi connectivity index (χ3n) is 2.82. The van der Waals surface area contributed by atoms with Crippen molar-refractivity contribution in [1.82, 2.24) is 15.0 Å². The lowest BCUT2D eigenvalue weighted by Crippen LogP contribution is -2.17. The number of halogens is 1. The Kier molecular flexibility index (Phi) is 3.59. The smallest absolute Gasteiger partial charge is 0.0800 e. The van der Waals surface area contributed by atoms with E-state index in [0.717, 1.165) is 22.3 Å². The Balaban J connectivity index is 2.44. The van der Waals surface area contributed by atoms with Crippen molar-refractivity contribution in [2.24, 2.45) is 5.73 Å². The second-order valence-electron chi connectivity index (χ2n) is 3.93. The zero-order valence-corrected chi connectivity index (χ0v) is 11.5. The maximum atomic E-state index is 6.28. The summed E-state index contributed by atoms with van der Waals surface area (Å²) in [6, 6.07) is 5.87. The van der Waals surface area contributed by atoms with Crippen LogP contribution in [0.3, 0.4) is 0 Å². The average Bonchev–Trinajstić information content (AvgIpc) is 2.80. The van der Waals surface area contributed by atoms with Crippen LogP contribution in [0.5, 0.6) is 0 Å². The monoisotopic (exact) mass is 294 g/mol. The number of nitrogens with zero attached hydrogens (tertiary/aromatic N) is 3.